The number of hydrogen-bond acceptors (Lipinski definition) is 1. The van der Waals surface area contributed by atoms with E-state index in [0.29, 0.717) is 25.4 Å². The molecular weight excluding hydrogens is 264 g/mol. The Morgan fingerprint density at radius 1 is 1.47 bits per heavy atom. The molecule has 0 aromatic heterocycles. The van der Waals surface area contributed by atoms with Gasteiger partial charge in [-0.2, -0.15) is 0 Å². The Labute approximate surface area is 110 Å². The van der Waals surface area contributed by atoms with Crippen LogP contribution in [0.1, 0.15) is 23.7 Å². The van der Waals surface area contributed by atoms with Crippen LogP contribution in [0.2, 0.25) is 5.02 Å². The fraction of sp³-hybridized carbons (Fsp3) is 0.417. The van der Waals surface area contributed by atoms with Gasteiger partial charge in [-0.3, -0.25) is 4.79 Å². The summed E-state index contributed by atoms with van der Waals surface area (Å²) in [5.41, 5.74) is 0.0471. The molecule has 0 radical (unpaired) electrons. The van der Waals surface area contributed by atoms with E-state index in [0.717, 1.165) is 6.07 Å². The van der Waals surface area contributed by atoms with Crippen molar-refractivity contribution >= 4 is 29.1 Å². The van der Waals surface area contributed by atoms with Gasteiger partial charge < -0.3 is 4.90 Å². The zero-order chi connectivity index (χ0) is 12.8. The van der Waals surface area contributed by atoms with Crippen LogP contribution in [0.15, 0.2) is 18.2 Å². The van der Waals surface area contributed by atoms with Gasteiger partial charge in [-0.1, -0.05) is 11.6 Å². The maximum Gasteiger partial charge on any atom is 0.256 e. The topological polar surface area (TPSA) is 20.3 Å². The molecule has 0 fully saturated rings. The normalized spacial score (nSPS) is 10.4. The smallest absolute Gasteiger partial charge is 0.256 e. The number of hydrogen-bond donors (Lipinski definition) is 0. The molecule has 0 saturated heterocycles. The third-order valence-corrected chi connectivity index (χ3v) is 2.89. The minimum absolute atomic E-state index is 0.0471. The van der Waals surface area contributed by atoms with Gasteiger partial charge >= 0.3 is 0 Å². The number of nitrogens with zero attached hydrogens (tertiary/aromatic N) is 1. The molecule has 0 bridgehead atoms. The molecule has 0 unspecified atom stereocenters. The number of rotatable bonds is 5. The molecule has 0 aliphatic heterocycles. The molecule has 94 valence electrons. The van der Waals surface area contributed by atoms with Crippen molar-refractivity contribution in [1.29, 1.82) is 0 Å². The Morgan fingerprint density at radius 3 is 2.71 bits per heavy atom. The van der Waals surface area contributed by atoms with Gasteiger partial charge in [0.1, 0.15) is 5.82 Å². The van der Waals surface area contributed by atoms with Crippen LogP contribution in [-0.2, 0) is 0 Å². The monoisotopic (exact) mass is 277 g/mol. The van der Waals surface area contributed by atoms with Crippen molar-refractivity contribution in [3.05, 3.63) is 34.6 Å². The van der Waals surface area contributed by atoms with Crippen LogP contribution in [0, 0.1) is 5.82 Å². The molecule has 0 heterocycles. The Hall–Kier alpha value is -0.800. The fourth-order valence-electron chi connectivity index (χ4n) is 1.49. The number of benzene rings is 1. The predicted octanol–water partition coefficient (Wildman–Crippen LogP) is 3.57. The maximum absolute atomic E-state index is 13.6. The molecule has 1 amide bonds. The van der Waals surface area contributed by atoms with Crippen molar-refractivity contribution in [3.8, 4) is 0 Å². The van der Waals surface area contributed by atoms with Crippen LogP contribution in [-0.4, -0.2) is 29.8 Å². The van der Waals surface area contributed by atoms with Crippen molar-refractivity contribution in [2.24, 2.45) is 0 Å². The third-order valence-electron chi connectivity index (χ3n) is 2.39. The van der Waals surface area contributed by atoms with E-state index < -0.39 is 5.82 Å². The zero-order valence-corrected chi connectivity index (χ0v) is 11.1. The standard InChI is InChI=1S/C12H14Cl2FNO/c1-2-16(7-3-6-13)12(17)10-5-4-9(14)8-11(10)15/h4-5,8H,2-3,6-7H2,1H3. The summed E-state index contributed by atoms with van der Waals surface area (Å²) in [7, 11) is 0. The number of halogens is 3. The highest BCUT2D eigenvalue weighted by Crippen LogP contribution is 2.16. The SMILES string of the molecule is CCN(CCCCl)C(=O)c1ccc(Cl)cc1F. The molecule has 17 heavy (non-hydrogen) atoms. The third kappa shape index (κ3) is 3.86. The van der Waals surface area contributed by atoms with Gasteiger partial charge in [0, 0.05) is 24.0 Å². The van der Waals surface area contributed by atoms with E-state index in [4.69, 9.17) is 23.2 Å². The summed E-state index contributed by atoms with van der Waals surface area (Å²) in [5.74, 6) is -0.439. The first kappa shape index (κ1) is 14.3. The van der Waals surface area contributed by atoms with Crippen LogP contribution in [0.25, 0.3) is 0 Å². The van der Waals surface area contributed by atoms with E-state index in [-0.39, 0.29) is 16.5 Å². The van der Waals surface area contributed by atoms with Crippen LogP contribution in [0.5, 0.6) is 0 Å². The van der Waals surface area contributed by atoms with Gasteiger partial charge in [0.15, 0.2) is 0 Å². The molecule has 0 spiro atoms. The van der Waals surface area contributed by atoms with Gasteiger partial charge in [0.05, 0.1) is 5.56 Å². The lowest BCUT2D eigenvalue weighted by atomic mass is 10.2. The number of carbonyl (C=O) groups is 1. The average Bonchev–Trinajstić information content (AvgIpc) is 2.29. The van der Waals surface area contributed by atoms with Gasteiger partial charge in [0.2, 0.25) is 0 Å². The second-order valence-corrected chi connectivity index (χ2v) is 4.37. The summed E-state index contributed by atoms with van der Waals surface area (Å²) in [5, 5.41) is 0.280. The Balaban J connectivity index is 2.86. The lowest BCUT2D eigenvalue weighted by Crippen LogP contribution is -2.32. The molecule has 0 atom stereocenters. The first-order chi connectivity index (χ1) is 8.10. The largest absolute Gasteiger partial charge is 0.339 e. The van der Waals surface area contributed by atoms with Crippen molar-refractivity contribution in [2.45, 2.75) is 13.3 Å². The fourth-order valence-corrected chi connectivity index (χ4v) is 1.77. The van der Waals surface area contributed by atoms with Crippen molar-refractivity contribution in [2.75, 3.05) is 19.0 Å². The van der Waals surface area contributed by atoms with Crippen molar-refractivity contribution in [1.82, 2.24) is 4.90 Å². The zero-order valence-electron chi connectivity index (χ0n) is 9.55. The first-order valence-electron chi connectivity index (χ1n) is 5.40. The van der Waals surface area contributed by atoms with Gasteiger partial charge in [-0.15, -0.1) is 11.6 Å². The second kappa shape index (κ2) is 6.82. The van der Waals surface area contributed by atoms with Crippen LogP contribution < -0.4 is 0 Å². The Kier molecular flexibility index (Phi) is 5.72. The minimum atomic E-state index is -0.591. The molecule has 0 N–H and O–H groups in total. The number of carbonyl (C=O) groups excluding carboxylic acids is 1. The van der Waals surface area contributed by atoms with Crippen LogP contribution >= 0.6 is 23.2 Å². The van der Waals surface area contributed by atoms with Gasteiger partial charge in [-0.25, -0.2) is 4.39 Å². The van der Waals surface area contributed by atoms with E-state index in [9.17, 15) is 9.18 Å². The Bertz CT molecular complexity index is 398. The quantitative estimate of drug-likeness (QED) is 0.754. The molecule has 1 aromatic carbocycles. The molecule has 5 heteroatoms. The molecule has 0 saturated carbocycles. The highest BCUT2D eigenvalue weighted by molar-refractivity contribution is 6.30. The molecule has 2 nitrogen and oxygen atoms in total. The molecule has 0 aliphatic rings. The van der Waals surface area contributed by atoms with Gasteiger partial charge in [0.25, 0.3) is 5.91 Å². The first-order valence-corrected chi connectivity index (χ1v) is 6.31. The van der Waals surface area contributed by atoms with Crippen LogP contribution in [0.3, 0.4) is 0 Å². The lowest BCUT2D eigenvalue weighted by molar-refractivity contribution is 0.0760. The van der Waals surface area contributed by atoms with E-state index in [2.05, 4.69) is 0 Å². The second-order valence-electron chi connectivity index (χ2n) is 3.55. The van der Waals surface area contributed by atoms with E-state index in [1.807, 2.05) is 6.92 Å². The Morgan fingerprint density at radius 2 is 2.18 bits per heavy atom. The lowest BCUT2D eigenvalue weighted by Gasteiger charge is -2.20. The van der Waals surface area contributed by atoms with Gasteiger partial charge in [-0.05, 0) is 31.5 Å². The van der Waals surface area contributed by atoms with E-state index in [1.165, 1.54) is 12.1 Å². The van der Waals surface area contributed by atoms with Crippen molar-refractivity contribution in [3.63, 3.8) is 0 Å². The summed E-state index contributed by atoms with van der Waals surface area (Å²) >= 11 is 11.2. The number of alkyl halides is 1. The summed E-state index contributed by atoms with van der Waals surface area (Å²) in [4.78, 5) is 13.6. The molecule has 1 rings (SSSR count). The maximum atomic E-state index is 13.6. The average molecular weight is 278 g/mol. The van der Waals surface area contributed by atoms with Crippen molar-refractivity contribution < 1.29 is 9.18 Å². The summed E-state index contributed by atoms with van der Waals surface area (Å²) in [6.07, 6.45) is 0.691. The summed E-state index contributed by atoms with van der Waals surface area (Å²) < 4.78 is 13.6. The minimum Gasteiger partial charge on any atom is -0.339 e. The summed E-state index contributed by atoms with van der Waals surface area (Å²) in [6, 6.07) is 4.06. The van der Waals surface area contributed by atoms with Crippen LogP contribution in [0.4, 0.5) is 4.39 Å². The van der Waals surface area contributed by atoms with E-state index >= 15 is 0 Å². The molecule has 0 aliphatic carbocycles. The molecular formula is C12H14Cl2FNO. The predicted molar refractivity (Wildman–Crippen MR) is 68.3 cm³/mol. The number of amides is 1. The highest BCUT2D eigenvalue weighted by Gasteiger charge is 2.17. The molecule has 1 aromatic rings. The van der Waals surface area contributed by atoms with E-state index in [1.54, 1.807) is 4.90 Å². The summed E-state index contributed by atoms with van der Waals surface area (Å²) in [6.45, 7) is 2.90. The highest BCUT2D eigenvalue weighted by atomic mass is 35.5.